The molecule has 1 fully saturated rings. The number of carboxylic acid groups (broad SMARTS) is 1. The Hall–Kier alpha value is -2.70. The van der Waals surface area contributed by atoms with Crippen molar-refractivity contribution in [3.05, 3.63) is 42.2 Å². The number of nitrogens with zero attached hydrogens (tertiary/aromatic N) is 3. The Morgan fingerprint density at radius 3 is 2.62 bits per heavy atom. The molecule has 1 aromatic heterocycles. The largest absolute Gasteiger partial charge is 0.481 e. The highest BCUT2D eigenvalue weighted by molar-refractivity contribution is 5.92. The Morgan fingerprint density at radius 2 is 1.95 bits per heavy atom. The first-order chi connectivity index (χ1) is 10.1. The number of aliphatic carboxylic acids is 1. The van der Waals surface area contributed by atoms with Crippen LogP contribution in [-0.4, -0.2) is 38.0 Å². The minimum atomic E-state index is -0.810. The second kappa shape index (κ2) is 5.35. The Labute approximate surface area is 120 Å². The fourth-order valence-electron chi connectivity index (χ4n) is 2.27. The van der Waals surface area contributed by atoms with Crippen LogP contribution in [0.2, 0.25) is 0 Å². The van der Waals surface area contributed by atoms with Crippen LogP contribution in [0.3, 0.4) is 0 Å². The summed E-state index contributed by atoms with van der Waals surface area (Å²) in [5, 5.41) is 19.3. The number of aromatic nitrogens is 3. The van der Waals surface area contributed by atoms with E-state index in [0.717, 1.165) is 5.69 Å². The van der Waals surface area contributed by atoms with Crippen LogP contribution in [0.15, 0.2) is 36.5 Å². The molecule has 0 aliphatic heterocycles. The summed E-state index contributed by atoms with van der Waals surface area (Å²) in [4.78, 5) is 22.7. The van der Waals surface area contributed by atoms with E-state index in [1.165, 1.54) is 4.68 Å². The van der Waals surface area contributed by atoms with Crippen LogP contribution in [0.1, 0.15) is 23.3 Å². The fourth-order valence-corrected chi connectivity index (χ4v) is 2.27. The van der Waals surface area contributed by atoms with Crippen LogP contribution in [0, 0.1) is 5.92 Å². The average Bonchev–Trinajstić information content (AvgIpc) is 2.92. The second-order valence-corrected chi connectivity index (χ2v) is 5.06. The van der Waals surface area contributed by atoms with E-state index in [1.54, 1.807) is 6.20 Å². The quantitative estimate of drug-likeness (QED) is 0.868. The van der Waals surface area contributed by atoms with Crippen molar-refractivity contribution in [1.29, 1.82) is 0 Å². The summed E-state index contributed by atoms with van der Waals surface area (Å²) in [7, 11) is 0. The molecule has 21 heavy (non-hydrogen) atoms. The van der Waals surface area contributed by atoms with Gasteiger partial charge in [-0.05, 0) is 25.0 Å². The number of carboxylic acids is 1. The SMILES string of the molecule is O=C(NC1CC(C(=O)O)C1)c1cn(-c2ccccc2)nn1. The Morgan fingerprint density at radius 1 is 1.24 bits per heavy atom. The van der Waals surface area contributed by atoms with Crippen LogP contribution in [0.4, 0.5) is 0 Å². The molecule has 0 bridgehead atoms. The lowest BCUT2D eigenvalue weighted by Crippen LogP contribution is -2.46. The number of hydrogen-bond acceptors (Lipinski definition) is 4. The molecule has 2 aromatic rings. The molecule has 1 aliphatic carbocycles. The van der Waals surface area contributed by atoms with Gasteiger partial charge in [0.15, 0.2) is 5.69 Å². The van der Waals surface area contributed by atoms with Crippen molar-refractivity contribution in [3.8, 4) is 5.69 Å². The van der Waals surface area contributed by atoms with Crippen LogP contribution in [0.25, 0.3) is 5.69 Å². The van der Waals surface area contributed by atoms with E-state index in [9.17, 15) is 9.59 Å². The minimum Gasteiger partial charge on any atom is -0.481 e. The third-order valence-electron chi connectivity index (χ3n) is 3.57. The summed E-state index contributed by atoms with van der Waals surface area (Å²) in [5.74, 6) is -1.49. The summed E-state index contributed by atoms with van der Waals surface area (Å²) >= 11 is 0. The molecule has 7 heteroatoms. The van der Waals surface area contributed by atoms with E-state index in [0.29, 0.717) is 12.8 Å². The highest BCUT2D eigenvalue weighted by Gasteiger charge is 2.35. The number of hydrogen-bond donors (Lipinski definition) is 2. The number of benzene rings is 1. The summed E-state index contributed by atoms with van der Waals surface area (Å²) in [6.07, 6.45) is 2.49. The maximum atomic E-state index is 12.0. The summed E-state index contributed by atoms with van der Waals surface area (Å²) in [6, 6.07) is 9.26. The highest BCUT2D eigenvalue weighted by Crippen LogP contribution is 2.27. The maximum Gasteiger partial charge on any atom is 0.306 e. The van der Waals surface area contributed by atoms with Gasteiger partial charge in [0, 0.05) is 6.04 Å². The Bertz CT molecular complexity index is 662. The zero-order chi connectivity index (χ0) is 14.8. The van der Waals surface area contributed by atoms with Gasteiger partial charge in [-0.3, -0.25) is 9.59 Å². The molecule has 1 heterocycles. The third kappa shape index (κ3) is 2.76. The standard InChI is InChI=1S/C14H14N4O3/c19-13(15-10-6-9(7-10)14(20)21)12-8-18(17-16-12)11-4-2-1-3-5-11/h1-5,8-10H,6-7H2,(H,15,19)(H,20,21). The van der Waals surface area contributed by atoms with Crippen molar-refractivity contribution in [1.82, 2.24) is 20.3 Å². The van der Waals surface area contributed by atoms with Gasteiger partial charge in [-0.1, -0.05) is 23.4 Å². The van der Waals surface area contributed by atoms with Crippen molar-refractivity contribution < 1.29 is 14.7 Å². The predicted octanol–water partition coefficient (Wildman–Crippen LogP) is 0.860. The fraction of sp³-hybridized carbons (Fsp3) is 0.286. The molecule has 1 aliphatic rings. The number of rotatable bonds is 4. The molecule has 0 saturated heterocycles. The molecule has 7 nitrogen and oxygen atoms in total. The number of amides is 1. The number of para-hydroxylation sites is 1. The van der Waals surface area contributed by atoms with Crippen LogP contribution >= 0.6 is 0 Å². The van der Waals surface area contributed by atoms with Crippen LogP contribution in [0.5, 0.6) is 0 Å². The third-order valence-corrected chi connectivity index (χ3v) is 3.57. The van der Waals surface area contributed by atoms with E-state index in [-0.39, 0.29) is 23.6 Å². The van der Waals surface area contributed by atoms with E-state index in [2.05, 4.69) is 15.6 Å². The second-order valence-electron chi connectivity index (χ2n) is 5.06. The molecule has 0 unspecified atom stereocenters. The van der Waals surface area contributed by atoms with Gasteiger partial charge in [-0.25, -0.2) is 4.68 Å². The molecule has 3 rings (SSSR count). The molecular weight excluding hydrogens is 272 g/mol. The lowest BCUT2D eigenvalue weighted by atomic mass is 9.80. The molecule has 108 valence electrons. The molecule has 1 amide bonds. The van der Waals surface area contributed by atoms with Gasteiger partial charge < -0.3 is 10.4 Å². The lowest BCUT2D eigenvalue weighted by Gasteiger charge is -2.32. The topological polar surface area (TPSA) is 97.1 Å². The van der Waals surface area contributed by atoms with Gasteiger partial charge in [0.05, 0.1) is 17.8 Å². The van der Waals surface area contributed by atoms with Crippen molar-refractivity contribution >= 4 is 11.9 Å². The van der Waals surface area contributed by atoms with Gasteiger partial charge in [0.1, 0.15) is 0 Å². The highest BCUT2D eigenvalue weighted by atomic mass is 16.4. The molecule has 0 atom stereocenters. The number of carbonyl (C=O) groups is 2. The van der Waals surface area contributed by atoms with E-state index in [4.69, 9.17) is 5.11 Å². The zero-order valence-corrected chi connectivity index (χ0v) is 11.1. The van der Waals surface area contributed by atoms with Gasteiger partial charge in [0.25, 0.3) is 5.91 Å². The minimum absolute atomic E-state index is 0.0968. The van der Waals surface area contributed by atoms with Crippen molar-refractivity contribution in [2.24, 2.45) is 5.92 Å². The van der Waals surface area contributed by atoms with Gasteiger partial charge in [0.2, 0.25) is 0 Å². The smallest absolute Gasteiger partial charge is 0.306 e. The van der Waals surface area contributed by atoms with Gasteiger partial charge in [-0.15, -0.1) is 5.10 Å². The van der Waals surface area contributed by atoms with Crippen LogP contribution < -0.4 is 5.32 Å². The Kier molecular flexibility index (Phi) is 3.39. The van der Waals surface area contributed by atoms with Crippen molar-refractivity contribution in [2.75, 3.05) is 0 Å². The van der Waals surface area contributed by atoms with Gasteiger partial charge in [-0.2, -0.15) is 0 Å². The van der Waals surface area contributed by atoms with E-state index < -0.39 is 5.97 Å². The molecule has 2 N–H and O–H groups in total. The number of nitrogens with one attached hydrogen (secondary N) is 1. The zero-order valence-electron chi connectivity index (χ0n) is 11.1. The predicted molar refractivity (Wildman–Crippen MR) is 73.0 cm³/mol. The first kappa shape index (κ1) is 13.3. The van der Waals surface area contributed by atoms with Crippen molar-refractivity contribution in [3.63, 3.8) is 0 Å². The number of carbonyl (C=O) groups excluding carboxylic acids is 1. The van der Waals surface area contributed by atoms with Crippen molar-refractivity contribution in [2.45, 2.75) is 18.9 Å². The normalized spacial score (nSPS) is 20.6. The van der Waals surface area contributed by atoms with Gasteiger partial charge >= 0.3 is 5.97 Å². The lowest BCUT2D eigenvalue weighted by molar-refractivity contribution is -0.145. The maximum absolute atomic E-state index is 12.0. The summed E-state index contributed by atoms with van der Waals surface area (Å²) in [6.45, 7) is 0. The molecule has 0 radical (unpaired) electrons. The van der Waals surface area contributed by atoms with Crippen LogP contribution in [-0.2, 0) is 4.79 Å². The molecule has 1 aromatic carbocycles. The Balaban J connectivity index is 1.62. The summed E-state index contributed by atoms with van der Waals surface area (Å²) in [5.41, 5.74) is 1.04. The first-order valence-electron chi connectivity index (χ1n) is 6.65. The molecule has 0 spiro atoms. The molecular formula is C14H14N4O3. The first-order valence-corrected chi connectivity index (χ1v) is 6.65. The summed E-state index contributed by atoms with van der Waals surface area (Å²) < 4.78 is 1.52. The van der Waals surface area contributed by atoms with E-state index in [1.807, 2.05) is 30.3 Å². The molecule has 1 saturated carbocycles. The average molecular weight is 286 g/mol. The van der Waals surface area contributed by atoms with E-state index >= 15 is 0 Å². The monoisotopic (exact) mass is 286 g/mol.